The Bertz CT molecular complexity index is 692. The summed E-state index contributed by atoms with van der Waals surface area (Å²) in [7, 11) is 0. The van der Waals surface area contributed by atoms with Gasteiger partial charge >= 0.3 is 0 Å². The van der Waals surface area contributed by atoms with E-state index < -0.39 is 0 Å². The van der Waals surface area contributed by atoms with Crippen molar-refractivity contribution in [3.8, 4) is 0 Å². The molecule has 2 nitrogen and oxygen atoms in total. The summed E-state index contributed by atoms with van der Waals surface area (Å²) in [6, 6.07) is 9.80. The molecule has 0 aliphatic carbocycles. The second kappa shape index (κ2) is 6.04. The van der Waals surface area contributed by atoms with Gasteiger partial charge < -0.3 is 4.90 Å². The molecule has 1 aliphatic rings. The third kappa shape index (κ3) is 2.89. The predicted octanol–water partition coefficient (Wildman–Crippen LogP) is 4.56. The summed E-state index contributed by atoms with van der Waals surface area (Å²) in [6.45, 7) is 2.87. The molecule has 0 radical (unpaired) electrons. The van der Waals surface area contributed by atoms with Crippen molar-refractivity contribution in [2.45, 2.75) is 19.4 Å². The number of halogens is 1. The van der Waals surface area contributed by atoms with Crippen molar-refractivity contribution in [1.82, 2.24) is 4.90 Å². The van der Waals surface area contributed by atoms with E-state index in [1.165, 1.54) is 10.4 Å². The maximum Gasteiger partial charge on any atom is 0.247 e. The SMILES string of the molecule is CC1c2ccsc2CCN1C(=O)/C=C/c1ccccc1Cl. The van der Waals surface area contributed by atoms with E-state index in [0.29, 0.717) is 5.02 Å². The van der Waals surface area contributed by atoms with Gasteiger partial charge in [-0.05, 0) is 48.1 Å². The molecule has 0 bridgehead atoms. The summed E-state index contributed by atoms with van der Waals surface area (Å²) < 4.78 is 0. The maximum atomic E-state index is 12.4. The highest BCUT2D eigenvalue weighted by Crippen LogP contribution is 2.33. The van der Waals surface area contributed by atoms with Crippen LogP contribution in [0.4, 0.5) is 0 Å². The van der Waals surface area contributed by atoms with Crippen molar-refractivity contribution < 1.29 is 4.79 Å². The van der Waals surface area contributed by atoms with Gasteiger partial charge in [0.25, 0.3) is 0 Å². The van der Waals surface area contributed by atoms with Crippen LogP contribution in [0.1, 0.15) is 29.0 Å². The van der Waals surface area contributed by atoms with Crippen LogP contribution < -0.4 is 0 Å². The molecule has 1 amide bonds. The summed E-state index contributed by atoms with van der Waals surface area (Å²) in [6.07, 6.45) is 4.36. The molecule has 1 aromatic carbocycles. The fourth-order valence-corrected chi connectivity index (χ4v) is 3.84. The molecule has 1 atom stereocenters. The summed E-state index contributed by atoms with van der Waals surface area (Å²) in [4.78, 5) is 15.7. The molecule has 4 heteroatoms. The second-order valence-electron chi connectivity index (χ2n) is 5.11. The summed E-state index contributed by atoms with van der Waals surface area (Å²) in [5.41, 5.74) is 2.15. The fraction of sp³-hybridized carbons (Fsp3) is 0.235. The highest BCUT2D eigenvalue weighted by Gasteiger charge is 2.26. The van der Waals surface area contributed by atoms with Gasteiger partial charge in [0.05, 0.1) is 6.04 Å². The van der Waals surface area contributed by atoms with Crippen LogP contribution in [-0.2, 0) is 11.2 Å². The maximum absolute atomic E-state index is 12.4. The Hall–Kier alpha value is -1.58. The molecular formula is C17H16ClNOS. The number of hydrogen-bond donors (Lipinski definition) is 0. The van der Waals surface area contributed by atoms with Crippen molar-refractivity contribution >= 4 is 34.9 Å². The van der Waals surface area contributed by atoms with Gasteiger partial charge in [-0.15, -0.1) is 11.3 Å². The number of nitrogens with zero attached hydrogens (tertiary/aromatic N) is 1. The largest absolute Gasteiger partial charge is 0.332 e. The summed E-state index contributed by atoms with van der Waals surface area (Å²) in [5.74, 6) is 0.0410. The number of hydrogen-bond acceptors (Lipinski definition) is 2. The lowest BCUT2D eigenvalue weighted by atomic mass is 10.0. The smallest absolute Gasteiger partial charge is 0.247 e. The number of rotatable bonds is 2. The van der Waals surface area contributed by atoms with Gasteiger partial charge in [-0.25, -0.2) is 0 Å². The molecule has 2 aromatic rings. The first-order valence-corrected chi connectivity index (χ1v) is 8.22. The quantitative estimate of drug-likeness (QED) is 0.743. The minimum Gasteiger partial charge on any atom is -0.332 e. The molecular weight excluding hydrogens is 302 g/mol. The molecule has 0 saturated heterocycles. The third-order valence-electron chi connectivity index (χ3n) is 3.87. The van der Waals surface area contributed by atoms with Crippen LogP contribution in [0.5, 0.6) is 0 Å². The van der Waals surface area contributed by atoms with Gasteiger partial charge in [0.2, 0.25) is 5.91 Å². The van der Waals surface area contributed by atoms with Gasteiger partial charge in [0.1, 0.15) is 0 Å². The standard InChI is InChI=1S/C17H16ClNOS/c1-12-14-9-11-21-16(14)8-10-19(12)17(20)7-6-13-4-2-3-5-15(13)18/h2-7,9,11-12H,8,10H2,1H3/b7-6+. The molecule has 1 unspecified atom stereocenters. The Morgan fingerprint density at radius 2 is 2.19 bits per heavy atom. The minimum absolute atomic E-state index is 0.0410. The third-order valence-corrected chi connectivity index (χ3v) is 5.21. The van der Waals surface area contributed by atoms with Gasteiger partial charge in [-0.1, -0.05) is 29.8 Å². The first kappa shape index (κ1) is 14.4. The first-order chi connectivity index (χ1) is 10.2. The van der Waals surface area contributed by atoms with Crippen molar-refractivity contribution in [3.63, 3.8) is 0 Å². The van der Waals surface area contributed by atoms with E-state index >= 15 is 0 Å². The molecule has 1 aliphatic heterocycles. The van der Waals surface area contributed by atoms with Crippen molar-refractivity contribution in [3.05, 3.63) is 62.8 Å². The Morgan fingerprint density at radius 3 is 3.00 bits per heavy atom. The van der Waals surface area contributed by atoms with E-state index in [1.807, 2.05) is 29.2 Å². The molecule has 2 heterocycles. The van der Waals surface area contributed by atoms with Gasteiger partial charge in [0.15, 0.2) is 0 Å². The average Bonchev–Trinajstić information content (AvgIpc) is 2.96. The Labute approximate surface area is 133 Å². The topological polar surface area (TPSA) is 20.3 Å². The normalized spacial score (nSPS) is 18.0. The molecule has 0 N–H and O–H groups in total. The number of benzene rings is 1. The minimum atomic E-state index is 0.0410. The van der Waals surface area contributed by atoms with Crippen LogP contribution in [0.15, 0.2) is 41.8 Å². The van der Waals surface area contributed by atoms with Crippen LogP contribution in [0.25, 0.3) is 6.08 Å². The van der Waals surface area contributed by atoms with Crippen LogP contribution >= 0.6 is 22.9 Å². The number of carbonyl (C=O) groups is 1. The van der Waals surface area contributed by atoms with E-state index in [0.717, 1.165) is 18.5 Å². The Balaban J connectivity index is 1.76. The molecule has 108 valence electrons. The number of carbonyl (C=O) groups excluding carboxylic acids is 1. The monoisotopic (exact) mass is 317 g/mol. The zero-order chi connectivity index (χ0) is 14.8. The lowest BCUT2D eigenvalue weighted by Gasteiger charge is -2.32. The highest BCUT2D eigenvalue weighted by atomic mass is 35.5. The fourth-order valence-electron chi connectivity index (χ4n) is 2.68. The Morgan fingerprint density at radius 1 is 1.38 bits per heavy atom. The number of thiophene rings is 1. The van der Waals surface area contributed by atoms with Crippen molar-refractivity contribution in [2.75, 3.05) is 6.54 Å². The molecule has 0 spiro atoms. The van der Waals surface area contributed by atoms with E-state index in [1.54, 1.807) is 23.5 Å². The van der Waals surface area contributed by atoms with Gasteiger partial charge in [0, 0.05) is 22.5 Å². The lowest BCUT2D eigenvalue weighted by Crippen LogP contribution is -2.37. The van der Waals surface area contributed by atoms with Crippen molar-refractivity contribution in [1.29, 1.82) is 0 Å². The molecule has 0 fully saturated rings. The van der Waals surface area contributed by atoms with Crippen LogP contribution in [0, 0.1) is 0 Å². The molecule has 3 rings (SSSR count). The number of amides is 1. The molecule has 0 saturated carbocycles. The van der Waals surface area contributed by atoms with E-state index in [9.17, 15) is 4.79 Å². The van der Waals surface area contributed by atoms with Gasteiger partial charge in [-0.2, -0.15) is 0 Å². The van der Waals surface area contributed by atoms with Crippen LogP contribution in [0.3, 0.4) is 0 Å². The van der Waals surface area contributed by atoms with E-state index in [-0.39, 0.29) is 11.9 Å². The highest BCUT2D eigenvalue weighted by molar-refractivity contribution is 7.10. The summed E-state index contributed by atoms with van der Waals surface area (Å²) >= 11 is 7.88. The Kier molecular flexibility index (Phi) is 4.13. The zero-order valence-electron chi connectivity index (χ0n) is 11.8. The average molecular weight is 318 g/mol. The van der Waals surface area contributed by atoms with E-state index in [2.05, 4.69) is 18.4 Å². The second-order valence-corrected chi connectivity index (χ2v) is 6.52. The molecule has 1 aromatic heterocycles. The molecule has 21 heavy (non-hydrogen) atoms. The van der Waals surface area contributed by atoms with Gasteiger partial charge in [-0.3, -0.25) is 4.79 Å². The van der Waals surface area contributed by atoms with Crippen molar-refractivity contribution in [2.24, 2.45) is 0 Å². The zero-order valence-corrected chi connectivity index (χ0v) is 13.3. The van der Waals surface area contributed by atoms with E-state index in [4.69, 9.17) is 11.6 Å². The lowest BCUT2D eigenvalue weighted by molar-refractivity contribution is -0.128. The number of fused-ring (bicyclic) bond motifs is 1. The van der Waals surface area contributed by atoms with Crippen LogP contribution in [0.2, 0.25) is 5.02 Å². The summed E-state index contributed by atoms with van der Waals surface area (Å²) in [5, 5.41) is 2.77. The van der Waals surface area contributed by atoms with Crippen LogP contribution in [-0.4, -0.2) is 17.4 Å². The predicted molar refractivity (Wildman–Crippen MR) is 88.6 cm³/mol. The first-order valence-electron chi connectivity index (χ1n) is 6.96.